The summed E-state index contributed by atoms with van der Waals surface area (Å²) in [6, 6.07) is 7.15. The number of anilines is 1. The lowest BCUT2D eigenvalue weighted by molar-refractivity contribution is -0.121. The van der Waals surface area contributed by atoms with Crippen LogP contribution in [0.1, 0.15) is 0 Å². The Kier molecular flexibility index (Phi) is 5.80. The number of benzene rings is 1. The summed E-state index contributed by atoms with van der Waals surface area (Å²) in [6.45, 7) is 4.88. The third kappa shape index (κ3) is 4.96. The van der Waals surface area contributed by atoms with E-state index in [0.717, 1.165) is 50.0 Å². The van der Waals surface area contributed by atoms with Crippen molar-refractivity contribution in [2.75, 3.05) is 50.4 Å². The van der Waals surface area contributed by atoms with Gasteiger partial charge in [-0.05, 0) is 18.2 Å². The first kappa shape index (κ1) is 18.7. The van der Waals surface area contributed by atoms with Crippen LogP contribution < -0.4 is 10.0 Å². The Morgan fingerprint density at radius 3 is 2.73 bits per heavy atom. The molecule has 2 heterocycles. The maximum atomic E-state index is 12.2. The van der Waals surface area contributed by atoms with Crippen molar-refractivity contribution in [2.45, 2.75) is 6.54 Å². The minimum atomic E-state index is -3.36. The average Bonchev–Trinajstić information content (AvgIpc) is 2.99. The fraction of sp³-hybridized carbons (Fsp3) is 0.471. The molecule has 0 aliphatic carbocycles. The summed E-state index contributed by atoms with van der Waals surface area (Å²) in [5, 5.41) is 3.70. The van der Waals surface area contributed by atoms with Crippen molar-refractivity contribution in [3.05, 3.63) is 30.5 Å². The fourth-order valence-corrected chi connectivity index (χ4v) is 3.62. The van der Waals surface area contributed by atoms with Gasteiger partial charge in [0.15, 0.2) is 0 Å². The fourth-order valence-electron chi connectivity index (χ4n) is 3.04. The molecule has 1 amide bonds. The number of ether oxygens (including phenoxy) is 1. The number of nitrogens with zero attached hydrogens (tertiary/aromatic N) is 2. The van der Waals surface area contributed by atoms with Gasteiger partial charge in [0.2, 0.25) is 15.9 Å². The van der Waals surface area contributed by atoms with Crippen molar-refractivity contribution in [3.63, 3.8) is 0 Å². The van der Waals surface area contributed by atoms with E-state index in [1.807, 2.05) is 16.7 Å². The monoisotopic (exact) mass is 380 g/mol. The van der Waals surface area contributed by atoms with Crippen molar-refractivity contribution in [1.82, 2.24) is 14.8 Å². The van der Waals surface area contributed by atoms with Crippen molar-refractivity contribution in [1.29, 1.82) is 0 Å². The molecule has 1 aromatic heterocycles. The molecule has 3 rings (SSSR count). The number of aromatic nitrogens is 1. The lowest BCUT2D eigenvalue weighted by Gasteiger charge is -2.26. The maximum Gasteiger partial charge on any atom is 0.239 e. The Hall–Kier alpha value is -2.10. The lowest BCUT2D eigenvalue weighted by Crippen LogP contribution is -2.41. The van der Waals surface area contributed by atoms with Gasteiger partial charge in [-0.2, -0.15) is 0 Å². The van der Waals surface area contributed by atoms with Crippen LogP contribution in [0.25, 0.3) is 10.9 Å². The summed E-state index contributed by atoms with van der Waals surface area (Å²) in [5.74, 6) is -0.0720. The van der Waals surface area contributed by atoms with Crippen LogP contribution in [0.4, 0.5) is 5.69 Å². The second kappa shape index (κ2) is 8.07. The first-order chi connectivity index (χ1) is 12.4. The number of fused-ring (bicyclic) bond motifs is 1. The normalized spacial score (nSPS) is 15.9. The molecule has 2 aromatic rings. The third-order valence-corrected chi connectivity index (χ3v) is 4.87. The van der Waals surface area contributed by atoms with Gasteiger partial charge >= 0.3 is 0 Å². The molecule has 1 fully saturated rings. The average molecular weight is 380 g/mol. The molecule has 0 spiro atoms. The van der Waals surface area contributed by atoms with E-state index in [2.05, 4.69) is 14.9 Å². The van der Waals surface area contributed by atoms with Crippen molar-refractivity contribution in [2.24, 2.45) is 0 Å². The van der Waals surface area contributed by atoms with E-state index in [1.165, 1.54) is 0 Å². The summed E-state index contributed by atoms with van der Waals surface area (Å²) in [5.41, 5.74) is 1.32. The summed E-state index contributed by atoms with van der Waals surface area (Å²) in [4.78, 5) is 14.5. The molecule has 2 N–H and O–H groups in total. The predicted octanol–water partition coefficient (Wildman–Crippen LogP) is 0.461. The van der Waals surface area contributed by atoms with E-state index in [9.17, 15) is 13.2 Å². The summed E-state index contributed by atoms with van der Waals surface area (Å²) in [7, 11) is -3.36. The summed E-state index contributed by atoms with van der Waals surface area (Å²) >= 11 is 0. The van der Waals surface area contributed by atoms with Gasteiger partial charge in [-0.15, -0.1) is 0 Å². The van der Waals surface area contributed by atoms with E-state index in [-0.39, 0.29) is 12.5 Å². The Labute approximate surface area is 153 Å². The van der Waals surface area contributed by atoms with Crippen LogP contribution in [-0.4, -0.2) is 69.4 Å². The van der Waals surface area contributed by atoms with Crippen LogP contribution in [0.3, 0.4) is 0 Å². The second-order valence-electron chi connectivity index (χ2n) is 6.36. The SMILES string of the molecule is CS(=O)(=O)Nc1cccc2c1ccn2CC(=O)NCCN1CCOCC1. The van der Waals surface area contributed by atoms with Crippen LogP contribution in [0.2, 0.25) is 0 Å². The molecule has 26 heavy (non-hydrogen) atoms. The van der Waals surface area contributed by atoms with E-state index in [0.29, 0.717) is 12.2 Å². The molecule has 8 nitrogen and oxygen atoms in total. The zero-order valence-electron chi connectivity index (χ0n) is 14.8. The zero-order chi connectivity index (χ0) is 18.6. The summed E-state index contributed by atoms with van der Waals surface area (Å²) in [6.07, 6.45) is 2.91. The Morgan fingerprint density at radius 1 is 1.23 bits per heavy atom. The highest BCUT2D eigenvalue weighted by Gasteiger charge is 2.12. The molecule has 1 saturated heterocycles. The standard InChI is InChI=1S/C17H24N4O4S/c1-26(23,24)19-15-3-2-4-16-14(15)5-7-21(16)13-17(22)18-6-8-20-9-11-25-12-10-20/h2-5,7,19H,6,8-13H2,1H3,(H,18,22). The highest BCUT2D eigenvalue weighted by atomic mass is 32.2. The van der Waals surface area contributed by atoms with Gasteiger partial charge in [0.1, 0.15) is 6.54 Å². The van der Waals surface area contributed by atoms with Gasteiger partial charge < -0.3 is 14.6 Å². The molecule has 0 saturated carbocycles. The first-order valence-electron chi connectivity index (χ1n) is 8.55. The maximum absolute atomic E-state index is 12.2. The quantitative estimate of drug-likeness (QED) is 0.728. The molecule has 9 heteroatoms. The number of amides is 1. The van der Waals surface area contributed by atoms with Gasteiger partial charge in [0.25, 0.3) is 0 Å². The van der Waals surface area contributed by atoms with Crippen molar-refractivity contribution >= 4 is 32.5 Å². The molecule has 0 unspecified atom stereocenters. The van der Waals surface area contributed by atoms with Crippen LogP contribution in [0.5, 0.6) is 0 Å². The van der Waals surface area contributed by atoms with Crippen molar-refractivity contribution in [3.8, 4) is 0 Å². The second-order valence-corrected chi connectivity index (χ2v) is 8.11. The molecule has 0 atom stereocenters. The first-order valence-corrected chi connectivity index (χ1v) is 10.4. The van der Waals surface area contributed by atoms with Crippen LogP contribution in [0.15, 0.2) is 30.5 Å². The van der Waals surface area contributed by atoms with Gasteiger partial charge in [0, 0.05) is 37.8 Å². The summed E-state index contributed by atoms with van der Waals surface area (Å²) < 4.78 is 32.6. The van der Waals surface area contributed by atoms with Gasteiger partial charge in [-0.25, -0.2) is 8.42 Å². The highest BCUT2D eigenvalue weighted by Crippen LogP contribution is 2.25. The lowest BCUT2D eigenvalue weighted by atomic mass is 10.2. The molecule has 0 radical (unpaired) electrons. The Morgan fingerprint density at radius 2 is 2.00 bits per heavy atom. The number of rotatable bonds is 7. The molecule has 1 aliphatic heterocycles. The number of carbonyl (C=O) groups excluding carboxylic acids is 1. The smallest absolute Gasteiger partial charge is 0.239 e. The highest BCUT2D eigenvalue weighted by molar-refractivity contribution is 7.92. The predicted molar refractivity (Wildman–Crippen MR) is 101 cm³/mol. The third-order valence-electron chi connectivity index (χ3n) is 4.28. The van der Waals surface area contributed by atoms with E-state index in [4.69, 9.17) is 4.74 Å². The molecular formula is C17H24N4O4S. The number of hydrogen-bond acceptors (Lipinski definition) is 5. The number of sulfonamides is 1. The number of carbonyl (C=O) groups is 1. The van der Waals surface area contributed by atoms with Gasteiger partial charge in [-0.1, -0.05) is 6.07 Å². The zero-order valence-corrected chi connectivity index (χ0v) is 15.6. The molecule has 1 aromatic carbocycles. The van der Waals surface area contributed by atoms with E-state index < -0.39 is 10.0 Å². The van der Waals surface area contributed by atoms with E-state index in [1.54, 1.807) is 18.3 Å². The topological polar surface area (TPSA) is 92.7 Å². The molecule has 0 bridgehead atoms. The largest absolute Gasteiger partial charge is 0.379 e. The molecule has 1 aliphatic rings. The number of morpholine rings is 1. The Bertz CT molecular complexity index is 872. The molecule has 142 valence electrons. The van der Waals surface area contributed by atoms with Crippen molar-refractivity contribution < 1.29 is 17.9 Å². The minimum absolute atomic E-state index is 0.0720. The molecular weight excluding hydrogens is 356 g/mol. The van der Waals surface area contributed by atoms with Gasteiger partial charge in [0.05, 0.1) is 30.7 Å². The minimum Gasteiger partial charge on any atom is -0.379 e. The van der Waals surface area contributed by atoms with E-state index >= 15 is 0 Å². The van der Waals surface area contributed by atoms with Crippen LogP contribution >= 0.6 is 0 Å². The van der Waals surface area contributed by atoms with Crippen LogP contribution in [0, 0.1) is 0 Å². The Balaban J connectivity index is 1.60. The number of nitrogens with one attached hydrogen (secondary N) is 2. The van der Waals surface area contributed by atoms with Crippen LogP contribution in [-0.2, 0) is 26.1 Å². The number of hydrogen-bond donors (Lipinski definition) is 2. The van der Waals surface area contributed by atoms with Gasteiger partial charge in [-0.3, -0.25) is 14.4 Å².